The van der Waals surface area contributed by atoms with E-state index in [4.69, 9.17) is 11.6 Å². The smallest absolute Gasteiger partial charge is 0.251 e. The monoisotopic (exact) mass is 477 g/mol. The molecule has 0 saturated heterocycles. The van der Waals surface area contributed by atoms with Crippen LogP contribution in [0.1, 0.15) is 15.9 Å². The zero-order valence-electron chi connectivity index (χ0n) is 18.5. The number of hydrogen-bond donors (Lipinski definition) is 3. The largest absolute Gasteiger partial charge is 0.348 e. The van der Waals surface area contributed by atoms with Crippen LogP contribution in [0.25, 0.3) is 44.6 Å². The molecule has 170 valence electrons. The summed E-state index contributed by atoms with van der Waals surface area (Å²) in [6, 6.07) is 29.2. The molecule has 2 heterocycles. The Bertz CT molecular complexity index is 1670. The maximum absolute atomic E-state index is 12.8. The lowest BCUT2D eigenvalue weighted by atomic mass is 10.0. The van der Waals surface area contributed by atoms with Crippen molar-refractivity contribution in [1.82, 2.24) is 25.5 Å². The van der Waals surface area contributed by atoms with Gasteiger partial charge in [-0.3, -0.25) is 9.89 Å². The Morgan fingerprint density at radius 1 is 0.857 bits per heavy atom. The summed E-state index contributed by atoms with van der Waals surface area (Å²) in [6.07, 6.45) is 0. The lowest BCUT2D eigenvalue weighted by Crippen LogP contribution is -2.22. The van der Waals surface area contributed by atoms with Gasteiger partial charge >= 0.3 is 0 Å². The standard InChI is InChI=1S/C28H20ClN5O/c29-21-12-9-19(10-13-21)18-7-5-17(6-8-18)16-30-28(35)20-11-14-24-25(15-20)32-27(31-24)26-22-3-1-2-4-23(22)33-34-26/h1-15H,16H2,(H,30,35)(H,31,32)(H,33,34). The van der Waals surface area contributed by atoms with Crippen molar-refractivity contribution in [1.29, 1.82) is 0 Å². The number of aromatic nitrogens is 4. The number of imidazole rings is 1. The second kappa shape index (κ2) is 8.74. The second-order valence-corrected chi connectivity index (χ2v) is 8.76. The van der Waals surface area contributed by atoms with Crippen molar-refractivity contribution in [3.8, 4) is 22.6 Å². The molecule has 0 saturated carbocycles. The molecular weight excluding hydrogens is 458 g/mol. The summed E-state index contributed by atoms with van der Waals surface area (Å²) in [5.41, 5.74) is 7.05. The van der Waals surface area contributed by atoms with Gasteiger partial charge in [0.1, 0.15) is 5.69 Å². The molecule has 35 heavy (non-hydrogen) atoms. The molecule has 1 amide bonds. The summed E-state index contributed by atoms with van der Waals surface area (Å²) in [5, 5.41) is 12.1. The molecule has 0 unspecified atom stereocenters. The van der Waals surface area contributed by atoms with Crippen molar-refractivity contribution < 1.29 is 4.79 Å². The van der Waals surface area contributed by atoms with E-state index in [2.05, 4.69) is 25.5 Å². The Labute approximate surface area is 206 Å². The van der Waals surface area contributed by atoms with Gasteiger partial charge in [0, 0.05) is 22.5 Å². The van der Waals surface area contributed by atoms with Crippen molar-refractivity contribution in [2.75, 3.05) is 0 Å². The van der Waals surface area contributed by atoms with Gasteiger partial charge in [0.05, 0.1) is 16.6 Å². The van der Waals surface area contributed by atoms with Crippen LogP contribution < -0.4 is 5.32 Å². The first-order valence-corrected chi connectivity index (χ1v) is 11.6. The lowest BCUT2D eigenvalue weighted by Gasteiger charge is -2.07. The molecule has 0 bridgehead atoms. The van der Waals surface area contributed by atoms with E-state index in [0.717, 1.165) is 44.3 Å². The highest BCUT2D eigenvalue weighted by molar-refractivity contribution is 6.30. The predicted octanol–water partition coefficient (Wildman–Crippen LogP) is 6.36. The van der Waals surface area contributed by atoms with Crippen LogP contribution in [0.15, 0.2) is 91.0 Å². The van der Waals surface area contributed by atoms with E-state index >= 15 is 0 Å². The van der Waals surface area contributed by atoms with Gasteiger partial charge in [0.25, 0.3) is 5.91 Å². The highest BCUT2D eigenvalue weighted by Gasteiger charge is 2.14. The van der Waals surface area contributed by atoms with Crippen LogP contribution in [0, 0.1) is 0 Å². The fourth-order valence-corrected chi connectivity index (χ4v) is 4.27. The summed E-state index contributed by atoms with van der Waals surface area (Å²) in [7, 11) is 0. The minimum absolute atomic E-state index is 0.143. The summed E-state index contributed by atoms with van der Waals surface area (Å²) in [5.74, 6) is 0.519. The van der Waals surface area contributed by atoms with Gasteiger partial charge in [-0.15, -0.1) is 0 Å². The van der Waals surface area contributed by atoms with E-state index in [0.29, 0.717) is 23.0 Å². The lowest BCUT2D eigenvalue weighted by molar-refractivity contribution is 0.0951. The third kappa shape index (κ3) is 4.16. The number of halogens is 1. The Morgan fingerprint density at radius 2 is 1.60 bits per heavy atom. The molecule has 3 N–H and O–H groups in total. The van der Waals surface area contributed by atoms with Crippen LogP contribution in [-0.2, 0) is 6.54 Å². The number of nitrogens with one attached hydrogen (secondary N) is 3. The fraction of sp³-hybridized carbons (Fsp3) is 0.0357. The van der Waals surface area contributed by atoms with E-state index in [1.165, 1.54) is 0 Å². The normalized spacial score (nSPS) is 11.2. The number of nitrogens with zero attached hydrogens (tertiary/aromatic N) is 2. The van der Waals surface area contributed by atoms with Crippen LogP contribution in [0.4, 0.5) is 0 Å². The molecule has 0 radical (unpaired) electrons. The Morgan fingerprint density at radius 3 is 2.40 bits per heavy atom. The summed E-state index contributed by atoms with van der Waals surface area (Å²) in [4.78, 5) is 20.8. The van der Waals surface area contributed by atoms with E-state index in [1.807, 2.05) is 84.9 Å². The van der Waals surface area contributed by atoms with E-state index in [1.54, 1.807) is 6.07 Å². The Balaban J connectivity index is 1.17. The SMILES string of the molecule is O=C(NCc1ccc(-c2ccc(Cl)cc2)cc1)c1ccc2nc(-c3n[nH]c4ccccc34)[nH]c2c1. The van der Waals surface area contributed by atoms with Crippen LogP contribution in [0.3, 0.4) is 0 Å². The number of carbonyl (C=O) groups excluding carboxylic acids is 1. The molecule has 4 aromatic carbocycles. The molecular formula is C28H20ClN5O. The van der Waals surface area contributed by atoms with Crippen LogP contribution in [0.5, 0.6) is 0 Å². The number of carbonyl (C=O) groups is 1. The van der Waals surface area contributed by atoms with Crippen molar-refractivity contribution in [3.05, 3.63) is 107 Å². The molecule has 6 rings (SSSR count). The van der Waals surface area contributed by atoms with Crippen LogP contribution in [0.2, 0.25) is 5.02 Å². The van der Waals surface area contributed by atoms with Gasteiger partial charge in [-0.1, -0.05) is 66.2 Å². The number of para-hydroxylation sites is 1. The Kier molecular flexibility index (Phi) is 5.28. The van der Waals surface area contributed by atoms with Gasteiger partial charge in [0.15, 0.2) is 5.82 Å². The number of amides is 1. The van der Waals surface area contributed by atoms with Crippen molar-refractivity contribution in [2.24, 2.45) is 0 Å². The third-order valence-electron chi connectivity index (χ3n) is 6.02. The third-order valence-corrected chi connectivity index (χ3v) is 6.28. The zero-order chi connectivity index (χ0) is 23.8. The second-order valence-electron chi connectivity index (χ2n) is 8.32. The number of H-pyrrole nitrogens is 2. The summed E-state index contributed by atoms with van der Waals surface area (Å²) >= 11 is 5.97. The van der Waals surface area contributed by atoms with Crippen molar-refractivity contribution in [2.45, 2.75) is 6.54 Å². The first kappa shape index (κ1) is 21.1. The molecule has 2 aromatic heterocycles. The highest BCUT2D eigenvalue weighted by atomic mass is 35.5. The average molecular weight is 478 g/mol. The minimum Gasteiger partial charge on any atom is -0.348 e. The quantitative estimate of drug-likeness (QED) is 0.270. The summed E-state index contributed by atoms with van der Waals surface area (Å²) < 4.78 is 0. The molecule has 7 heteroatoms. The van der Waals surface area contributed by atoms with E-state index in [9.17, 15) is 4.79 Å². The van der Waals surface area contributed by atoms with E-state index < -0.39 is 0 Å². The topological polar surface area (TPSA) is 86.5 Å². The van der Waals surface area contributed by atoms with Gasteiger partial charge in [-0.2, -0.15) is 5.10 Å². The molecule has 0 fully saturated rings. The van der Waals surface area contributed by atoms with Gasteiger partial charge < -0.3 is 10.3 Å². The molecule has 0 aliphatic carbocycles. The molecule has 0 aliphatic heterocycles. The molecule has 0 spiro atoms. The van der Waals surface area contributed by atoms with Crippen molar-refractivity contribution in [3.63, 3.8) is 0 Å². The first-order valence-electron chi connectivity index (χ1n) is 11.2. The van der Waals surface area contributed by atoms with Gasteiger partial charge in [-0.05, 0) is 53.1 Å². The molecule has 6 nitrogen and oxygen atoms in total. The maximum Gasteiger partial charge on any atom is 0.251 e. The van der Waals surface area contributed by atoms with Gasteiger partial charge in [-0.25, -0.2) is 4.98 Å². The van der Waals surface area contributed by atoms with Crippen LogP contribution in [-0.4, -0.2) is 26.1 Å². The van der Waals surface area contributed by atoms with E-state index in [-0.39, 0.29) is 5.91 Å². The number of hydrogen-bond acceptors (Lipinski definition) is 3. The predicted molar refractivity (Wildman–Crippen MR) is 139 cm³/mol. The molecule has 0 atom stereocenters. The number of aromatic amines is 2. The van der Waals surface area contributed by atoms with Gasteiger partial charge in [0.2, 0.25) is 0 Å². The number of fused-ring (bicyclic) bond motifs is 2. The summed E-state index contributed by atoms with van der Waals surface area (Å²) in [6.45, 7) is 0.436. The number of rotatable bonds is 5. The first-order chi connectivity index (χ1) is 17.1. The number of benzene rings is 4. The fourth-order valence-electron chi connectivity index (χ4n) is 4.15. The average Bonchev–Trinajstić information content (AvgIpc) is 3.51. The Hall–Kier alpha value is -4.42. The maximum atomic E-state index is 12.8. The van der Waals surface area contributed by atoms with Crippen molar-refractivity contribution >= 4 is 39.4 Å². The highest BCUT2D eigenvalue weighted by Crippen LogP contribution is 2.26. The zero-order valence-corrected chi connectivity index (χ0v) is 19.3. The van der Waals surface area contributed by atoms with Crippen LogP contribution >= 0.6 is 11.6 Å². The molecule has 0 aliphatic rings. The minimum atomic E-state index is -0.143. The molecule has 6 aromatic rings.